The maximum absolute atomic E-state index is 13.3. The van der Waals surface area contributed by atoms with E-state index in [1.54, 1.807) is 42.7 Å². The van der Waals surface area contributed by atoms with Gasteiger partial charge in [-0.05, 0) is 42.8 Å². The molecule has 0 saturated carbocycles. The Bertz CT molecular complexity index is 1310. The number of hydrogen-bond donors (Lipinski definition) is 4. The lowest BCUT2D eigenvalue weighted by Crippen LogP contribution is -2.57. The van der Waals surface area contributed by atoms with Crippen LogP contribution in [0.25, 0.3) is 11.0 Å². The first-order valence-electron chi connectivity index (χ1n) is 10.6. The van der Waals surface area contributed by atoms with Gasteiger partial charge in [0, 0.05) is 24.5 Å². The molecule has 33 heavy (non-hydrogen) atoms. The summed E-state index contributed by atoms with van der Waals surface area (Å²) < 4.78 is 60.9. The van der Waals surface area contributed by atoms with Crippen molar-refractivity contribution < 1.29 is 26.7 Å². The van der Waals surface area contributed by atoms with E-state index in [-0.39, 0.29) is 28.5 Å². The van der Waals surface area contributed by atoms with Crippen molar-refractivity contribution in [3.63, 3.8) is 0 Å². The fraction of sp³-hybridized carbons (Fsp3) is 0.364. The quantitative estimate of drug-likeness (QED) is 0.426. The van der Waals surface area contributed by atoms with Crippen molar-refractivity contribution in [2.45, 2.75) is 23.9 Å². The van der Waals surface area contributed by atoms with Crippen LogP contribution in [0.15, 0.2) is 52.0 Å². The molecule has 11 heteroatoms. The van der Waals surface area contributed by atoms with Crippen LogP contribution in [0.1, 0.15) is 5.56 Å². The Labute approximate surface area is 194 Å². The summed E-state index contributed by atoms with van der Waals surface area (Å²) in [5.41, 5.74) is 2.55. The number of furan rings is 1. The molecule has 4 N–H and O–H groups in total. The SMILES string of the molecule is COc1ccc(C)cc1S(=O)(=O)Nc1cc(N2CCNC3CS(O)(O)CC32)c2occc2c1. The number of benzene rings is 2. The summed E-state index contributed by atoms with van der Waals surface area (Å²) in [6.45, 7) is 3.13. The second kappa shape index (κ2) is 8.10. The van der Waals surface area contributed by atoms with Crippen LogP contribution in [0.5, 0.6) is 5.75 Å². The fourth-order valence-electron chi connectivity index (χ4n) is 4.73. The third-order valence-corrected chi connectivity index (χ3v) is 9.38. The molecule has 3 heterocycles. The van der Waals surface area contributed by atoms with E-state index in [0.29, 0.717) is 30.1 Å². The van der Waals surface area contributed by atoms with Crippen molar-refractivity contribution in [3.8, 4) is 5.75 Å². The van der Waals surface area contributed by atoms with E-state index in [9.17, 15) is 17.5 Å². The largest absolute Gasteiger partial charge is 0.495 e. The lowest BCUT2D eigenvalue weighted by Gasteiger charge is -2.39. The molecule has 5 rings (SSSR count). The normalized spacial score (nSPS) is 23.3. The van der Waals surface area contributed by atoms with Gasteiger partial charge in [0.1, 0.15) is 10.6 Å². The van der Waals surface area contributed by atoms with Crippen LogP contribution in [0.3, 0.4) is 0 Å². The maximum Gasteiger partial charge on any atom is 0.265 e. The molecule has 2 saturated heterocycles. The number of ether oxygens (including phenoxy) is 1. The number of methoxy groups -OCH3 is 1. The van der Waals surface area contributed by atoms with E-state index < -0.39 is 20.6 Å². The van der Waals surface area contributed by atoms with E-state index >= 15 is 0 Å². The first kappa shape index (κ1) is 22.4. The molecule has 0 amide bonds. The monoisotopic (exact) mass is 493 g/mol. The molecule has 0 aliphatic carbocycles. The minimum Gasteiger partial charge on any atom is -0.495 e. The molecule has 0 spiro atoms. The Balaban J connectivity index is 1.55. The Hall–Kier alpha value is -2.44. The number of anilines is 2. The van der Waals surface area contributed by atoms with Crippen LogP contribution in [-0.2, 0) is 10.0 Å². The van der Waals surface area contributed by atoms with Gasteiger partial charge in [-0.1, -0.05) is 6.07 Å². The number of nitrogens with zero attached hydrogens (tertiary/aromatic N) is 1. The molecular formula is C22H27N3O6S2. The molecule has 178 valence electrons. The molecule has 2 aromatic carbocycles. The summed E-state index contributed by atoms with van der Waals surface area (Å²) in [6.07, 6.45) is 1.57. The third kappa shape index (κ3) is 4.15. The van der Waals surface area contributed by atoms with E-state index in [1.807, 2.05) is 6.92 Å². The van der Waals surface area contributed by atoms with Crippen molar-refractivity contribution in [2.75, 3.05) is 41.3 Å². The maximum atomic E-state index is 13.3. The molecule has 0 bridgehead atoms. The first-order chi connectivity index (χ1) is 15.7. The Morgan fingerprint density at radius 3 is 2.82 bits per heavy atom. The summed E-state index contributed by atoms with van der Waals surface area (Å²) in [5, 5.41) is 4.12. The van der Waals surface area contributed by atoms with Crippen LogP contribution in [0.2, 0.25) is 0 Å². The molecule has 2 aliphatic rings. The van der Waals surface area contributed by atoms with Gasteiger partial charge in [-0.2, -0.15) is 10.6 Å². The van der Waals surface area contributed by atoms with Gasteiger partial charge < -0.3 is 19.4 Å². The van der Waals surface area contributed by atoms with Crippen molar-refractivity contribution in [3.05, 3.63) is 48.2 Å². The van der Waals surface area contributed by atoms with Crippen molar-refractivity contribution in [1.82, 2.24) is 5.32 Å². The van der Waals surface area contributed by atoms with Crippen LogP contribution in [0.4, 0.5) is 11.4 Å². The third-order valence-electron chi connectivity index (χ3n) is 6.21. The number of fused-ring (bicyclic) bond motifs is 2. The Kier molecular flexibility index (Phi) is 5.49. The van der Waals surface area contributed by atoms with Crippen LogP contribution in [-0.4, -0.2) is 61.3 Å². The number of rotatable bonds is 5. The van der Waals surface area contributed by atoms with Crippen LogP contribution < -0.4 is 19.7 Å². The highest BCUT2D eigenvalue weighted by atomic mass is 32.3. The summed E-state index contributed by atoms with van der Waals surface area (Å²) in [5.74, 6) is 0.844. The van der Waals surface area contributed by atoms with Crippen molar-refractivity contribution in [1.29, 1.82) is 0 Å². The van der Waals surface area contributed by atoms with Gasteiger partial charge in [0.2, 0.25) is 0 Å². The number of hydrogen-bond acceptors (Lipinski definition) is 8. The fourth-order valence-corrected chi connectivity index (χ4v) is 8.04. The van der Waals surface area contributed by atoms with Crippen LogP contribution >= 0.6 is 10.6 Å². The van der Waals surface area contributed by atoms with Gasteiger partial charge in [0.25, 0.3) is 10.0 Å². The van der Waals surface area contributed by atoms with E-state index in [1.165, 1.54) is 7.11 Å². The number of nitrogens with one attached hydrogen (secondary N) is 2. The van der Waals surface area contributed by atoms with Gasteiger partial charge in [0.05, 0.1) is 42.3 Å². The predicted octanol–water partition coefficient (Wildman–Crippen LogP) is 3.46. The standard InChI is InChI=1S/C22H27N3O6S2/c1-14-3-4-20(30-2)21(9-14)33(28,29)24-16-10-15-5-8-31-22(15)18(11-16)25-7-6-23-17-12-32(26,27)13-19(17)25/h3-5,8-11,17,19,23-24,26-27H,6-7,12-13H2,1-2H3. The highest BCUT2D eigenvalue weighted by Crippen LogP contribution is 2.49. The number of aryl methyl sites for hydroxylation is 1. The summed E-state index contributed by atoms with van der Waals surface area (Å²) in [7, 11) is -5.15. The molecule has 2 fully saturated rings. The molecule has 1 aromatic heterocycles. The Morgan fingerprint density at radius 2 is 2.03 bits per heavy atom. The van der Waals surface area contributed by atoms with E-state index in [4.69, 9.17) is 9.15 Å². The molecule has 9 nitrogen and oxygen atoms in total. The van der Waals surface area contributed by atoms with Gasteiger partial charge >= 0.3 is 0 Å². The first-order valence-corrected chi connectivity index (χ1v) is 14.0. The lowest BCUT2D eigenvalue weighted by atomic mass is 10.1. The molecule has 2 atom stereocenters. The molecule has 2 aliphatic heterocycles. The second-order valence-corrected chi connectivity index (χ2v) is 12.5. The zero-order valence-corrected chi connectivity index (χ0v) is 19.9. The van der Waals surface area contributed by atoms with E-state index in [0.717, 1.165) is 16.6 Å². The molecule has 0 radical (unpaired) electrons. The minimum atomic E-state index is -3.93. The number of piperazine rings is 1. The topological polar surface area (TPSA) is 124 Å². The second-order valence-electron chi connectivity index (χ2n) is 8.55. The number of sulfonamides is 1. The van der Waals surface area contributed by atoms with Crippen molar-refractivity contribution in [2.24, 2.45) is 0 Å². The van der Waals surface area contributed by atoms with Crippen molar-refractivity contribution >= 4 is 43.0 Å². The smallest absolute Gasteiger partial charge is 0.265 e. The van der Waals surface area contributed by atoms with Gasteiger partial charge in [-0.25, -0.2) is 8.42 Å². The van der Waals surface area contributed by atoms with E-state index in [2.05, 4.69) is 14.9 Å². The summed E-state index contributed by atoms with van der Waals surface area (Å²) in [6, 6.07) is 10.1. The zero-order chi connectivity index (χ0) is 23.4. The van der Waals surface area contributed by atoms with Crippen LogP contribution in [0, 0.1) is 6.92 Å². The summed E-state index contributed by atoms with van der Waals surface area (Å²) in [4.78, 5) is 2.16. The van der Waals surface area contributed by atoms with Gasteiger partial charge in [-0.15, -0.1) is 0 Å². The average molecular weight is 494 g/mol. The zero-order valence-electron chi connectivity index (χ0n) is 18.3. The Morgan fingerprint density at radius 1 is 1.21 bits per heavy atom. The van der Waals surface area contributed by atoms with Gasteiger partial charge in [-0.3, -0.25) is 13.8 Å². The minimum absolute atomic E-state index is 0.0503. The molecule has 2 unspecified atom stereocenters. The van der Waals surface area contributed by atoms with Gasteiger partial charge in [0.15, 0.2) is 5.58 Å². The highest BCUT2D eigenvalue weighted by molar-refractivity contribution is 8.24. The molecular weight excluding hydrogens is 466 g/mol. The predicted molar refractivity (Wildman–Crippen MR) is 130 cm³/mol. The average Bonchev–Trinajstić information content (AvgIpc) is 3.35. The molecule has 3 aromatic rings. The summed E-state index contributed by atoms with van der Waals surface area (Å²) >= 11 is 0. The highest BCUT2D eigenvalue weighted by Gasteiger charge is 2.43. The lowest BCUT2D eigenvalue weighted by molar-refractivity contribution is 0.402.